The molecule has 0 saturated carbocycles. The van der Waals surface area contributed by atoms with Crippen LogP contribution in [0.4, 0.5) is 0 Å². The van der Waals surface area contributed by atoms with Gasteiger partial charge in [0.05, 0.1) is 0 Å². The van der Waals surface area contributed by atoms with E-state index < -0.39 is 0 Å². The van der Waals surface area contributed by atoms with E-state index in [9.17, 15) is 4.79 Å². The van der Waals surface area contributed by atoms with E-state index in [1.54, 1.807) is 5.01 Å². The van der Waals surface area contributed by atoms with Crippen molar-refractivity contribution in [1.29, 1.82) is 0 Å². The molecule has 1 amide bonds. The summed E-state index contributed by atoms with van der Waals surface area (Å²) in [4.78, 5) is 10.9. The third-order valence-electron chi connectivity index (χ3n) is 2.68. The summed E-state index contributed by atoms with van der Waals surface area (Å²) >= 11 is 0. The van der Waals surface area contributed by atoms with E-state index in [-0.39, 0.29) is 39.6 Å². The Morgan fingerprint density at radius 3 is 2.52 bits per heavy atom. The fourth-order valence-corrected chi connectivity index (χ4v) is 1.74. The van der Waals surface area contributed by atoms with Crippen LogP contribution in [0.25, 0.3) is 0 Å². The zero-order valence-electron chi connectivity index (χ0n) is 12.3. The van der Waals surface area contributed by atoms with Crippen LogP contribution >= 0.6 is 0 Å². The van der Waals surface area contributed by atoms with E-state index in [4.69, 9.17) is 4.74 Å². The van der Waals surface area contributed by atoms with Gasteiger partial charge in [0.25, 0.3) is 0 Å². The Morgan fingerprint density at radius 2 is 2.00 bits per heavy atom. The van der Waals surface area contributed by atoms with E-state index >= 15 is 0 Å². The molecule has 1 rings (SSSR count). The molecule has 21 heavy (non-hydrogen) atoms. The van der Waals surface area contributed by atoms with E-state index in [1.807, 2.05) is 37.6 Å². The fraction of sp³-hybridized carbons (Fsp3) is 0.400. The monoisotopic (exact) mass is 496 g/mol. The minimum absolute atomic E-state index is 0. The molecule has 0 aliphatic carbocycles. The summed E-state index contributed by atoms with van der Waals surface area (Å²) in [7, 11) is 0. The summed E-state index contributed by atoms with van der Waals surface area (Å²) in [5, 5.41) is 3.27. The van der Waals surface area contributed by atoms with Crippen LogP contribution in [-0.2, 0) is 44.4 Å². The van der Waals surface area contributed by atoms with E-state index in [0.717, 1.165) is 11.3 Å². The van der Waals surface area contributed by atoms with Crippen LogP contribution in [0.5, 0.6) is 5.75 Å². The zero-order chi connectivity index (χ0) is 14.1. The number of aryl methyl sites for hydroxylation is 1. The molecule has 115 valence electrons. The molecule has 1 aromatic carbocycles. The fourth-order valence-electron chi connectivity index (χ4n) is 1.74. The van der Waals surface area contributed by atoms with Gasteiger partial charge in [0.15, 0.2) is 0 Å². The van der Waals surface area contributed by atoms with Gasteiger partial charge in [0, 0.05) is 27.6 Å². The molecule has 0 unspecified atom stereocenters. The van der Waals surface area contributed by atoms with Gasteiger partial charge in [-0.15, -0.1) is 13.0 Å². The van der Waals surface area contributed by atoms with Crippen LogP contribution in [0.15, 0.2) is 24.3 Å². The summed E-state index contributed by atoms with van der Waals surface area (Å²) in [6.07, 6.45) is 2.61. The molecule has 0 aliphatic heterocycles. The van der Waals surface area contributed by atoms with Crippen molar-refractivity contribution in [3.05, 3.63) is 43.7 Å². The molecule has 0 atom stereocenters. The van der Waals surface area contributed by atoms with Crippen molar-refractivity contribution >= 4 is 6.41 Å². The number of hydrogen-bond donors (Lipinski definition) is 0. The molecule has 0 bridgehead atoms. The van der Waals surface area contributed by atoms with Crippen molar-refractivity contribution in [3.63, 3.8) is 0 Å². The zero-order valence-corrected chi connectivity index (χ0v) is 16.7. The quantitative estimate of drug-likeness (QED) is 0.298. The van der Waals surface area contributed by atoms with Crippen molar-refractivity contribution < 1.29 is 49.2 Å². The molecule has 0 aromatic heterocycles. The minimum atomic E-state index is 0. The van der Waals surface area contributed by atoms with Crippen molar-refractivity contribution in [2.75, 3.05) is 26.2 Å². The SMILES string of the molecule is [CH2-]CCN(C[CH2-])N([C-]=O)CCOc1cccc(C)c1.[V+2].[W]. The second-order valence-electron chi connectivity index (χ2n) is 4.19. The first-order valence-electron chi connectivity index (χ1n) is 6.39. The maximum Gasteiger partial charge on any atom is 2.00 e. The van der Waals surface area contributed by atoms with Gasteiger partial charge < -0.3 is 28.4 Å². The van der Waals surface area contributed by atoms with Gasteiger partial charge in [-0.05, 0) is 31.2 Å². The predicted molar refractivity (Wildman–Crippen MR) is 76.0 cm³/mol. The van der Waals surface area contributed by atoms with E-state index in [1.165, 1.54) is 5.01 Å². The van der Waals surface area contributed by atoms with Gasteiger partial charge in [-0.3, -0.25) is 5.01 Å². The largest absolute Gasteiger partial charge is 2.00 e. The second-order valence-corrected chi connectivity index (χ2v) is 4.19. The van der Waals surface area contributed by atoms with Crippen LogP contribution in [0.3, 0.4) is 0 Å². The maximum atomic E-state index is 10.9. The van der Waals surface area contributed by atoms with Crippen LogP contribution in [-0.4, -0.2) is 42.7 Å². The number of hydrazine groups is 1. The molecule has 1 radical (unpaired) electrons. The first-order chi connectivity index (χ1) is 9.21. The van der Waals surface area contributed by atoms with Crippen molar-refractivity contribution in [2.45, 2.75) is 13.3 Å². The summed E-state index contributed by atoms with van der Waals surface area (Å²) in [6.45, 7) is 11.6. The Balaban J connectivity index is 0. The number of rotatable bonds is 9. The molecule has 6 heteroatoms. The molecule has 0 heterocycles. The Bertz CT molecular complexity index is 394. The van der Waals surface area contributed by atoms with E-state index in [2.05, 4.69) is 13.8 Å². The summed E-state index contributed by atoms with van der Waals surface area (Å²) in [6, 6.07) is 7.82. The van der Waals surface area contributed by atoms with Gasteiger partial charge in [-0.25, -0.2) is 0 Å². The van der Waals surface area contributed by atoms with Crippen molar-refractivity contribution in [3.8, 4) is 5.75 Å². The standard InChI is InChI=1S/C15H21N2O2.V.W/c1-4-9-16(5-2)17(13-18)10-11-19-15-8-6-7-14(3)12-15;;/h6-8,12H,1-2,4-5,9-11H2,3H3;;/q-3;+2;. The first-order valence-corrected chi connectivity index (χ1v) is 6.39. The smallest absolute Gasteiger partial charge is 0.518 e. The second kappa shape index (κ2) is 13.4. The molecule has 0 saturated heterocycles. The number of amides is 1. The summed E-state index contributed by atoms with van der Waals surface area (Å²) in [5.41, 5.74) is 1.15. The van der Waals surface area contributed by atoms with Crippen LogP contribution in [0.1, 0.15) is 12.0 Å². The van der Waals surface area contributed by atoms with Crippen molar-refractivity contribution in [2.24, 2.45) is 0 Å². The van der Waals surface area contributed by atoms with Gasteiger partial charge in [0.2, 0.25) is 0 Å². The van der Waals surface area contributed by atoms with E-state index in [0.29, 0.717) is 32.7 Å². The third-order valence-corrected chi connectivity index (χ3v) is 2.68. The molecular formula is C15H21N2O2VW-. The summed E-state index contributed by atoms with van der Waals surface area (Å²) < 4.78 is 5.61. The molecular weight excluding hydrogens is 475 g/mol. The molecule has 1 aromatic rings. The normalized spacial score (nSPS) is 9.52. The van der Waals surface area contributed by atoms with Crippen molar-refractivity contribution in [1.82, 2.24) is 10.0 Å². The predicted octanol–water partition coefficient (Wildman–Crippen LogP) is 2.01. The molecule has 0 fully saturated rings. The average Bonchev–Trinajstić information content (AvgIpc) is 2.42. The van der Waals surface area contributed by atoms with Gasteiger partial charge in [-0.2, -0.15) is 6.42 Å². The minimum Gasteiger partial charge on any atom is -0.518 e. The van der Waals surface area contributed by atoms with Gasteiger partial charge in [0.1, 0.15) is 12.4 Å². The van der Waals surface area contributed by atoms with Crippen LogP contribution in [0, 0.1) is 20.8 Å². The topological polar surface area (TPSA) is 32.8 Å². The number of benzene rings is 1. The summed E-state index contributed by atoms with van der Waals surface area (Å²) in [5.74, 6) is 0.809. The Morgan fingerprint density at radius 1 is 1.29 bits per heavy atom. The number of hydrogen-bond acceptors (Lipinski definition) is 3. The molecule has 0 spiro atoms. The number of carbonyl (C=O) groups excluding carboxylic acids is 1. The van der Waals surface area contributed by atoms with Gasteiger partial charge in [-0.1, -0.05) is 12.1 Å². The van der Waals surface area contributed by atoms with Crippen LogP contribution in [0.2, 0.25) is 0 Å². The first kappa shape index (κ1) is 23.0. The Hall–Kier alpha value is -0.277. The maximum absolute atomic E-state index is 10.9. The molecule has 4 nitrogen and oxygen atoms in total. The number of ether oxygens (including phenoxy) is 1. The van der Waals surface area contributed by atoms with Gasteiger partial charge >= 0.3 is 18.6 Å². The number of nitrogens with zero attached hydrogens (tertiary/aromatic N) is 2. The molecule has 0 N–H and O–H groups in total. The van der Waals surface area contributed by atoms with Crippen LogP contribution < -0.4 is 4.74 Å². The Labute approximate surface area is 154 Å². The molecule has 0 aliphatic rings. The Kier molecular flexibility index (Phi) is 14.7. The average molecular weight is 496 g/mol. The third kappa shape index (κ3) is 8.67.